The summed E-state index contributed by atoms with van der Waals surface area (Å²) < 4.78 is 38.0. The number of ether oxygens (including phenoxy) is 2. The fraction of sp³-hybridized carbons (Fsp3) is 0.296. The van der Waals surface area contributed by atoms with E-state index in [0.717, 1.165) is 11.1 Å². The highest BCUT2D eigenvalue weighted by Gasteiger charge is 2.28. The molecule has 0 bridgehead atoms. The summed E-state index contributed by atoms with van der Waals surface area (Å²) in [6.07, 6.45) is 0. The molecule has 1 N–H and O–H groups in total. The Morgan fingerprint density at radius 3 is 2.25 bits per heavy atom. The van der Waals surface area contributed by atoms with E-state index in [4.69, 9.17) is 9.47 Å². The van der Waals surface area contributed by atoms with Gasteiger partial charge in [0.2, 0.25) is 10.0 Å². The predicted octanol–water partition coefficient (Wildman–Crippen LogP) is 3.77. The van der Waals surface area contributed by atoms with Crippen LogP contribution < -0.4 is 14.8 Å². The molecular formula is C27H31N3O5S. The zero-order chi connectivity index (χ0) is 25.7. The number of sulfonamides is 1. The summed E-state index contributed by atoms with van der Waals surface area (Å²) in [6.45, 7) is 4.66. The maximum Gasteiger partial charge on any atom is 0.255 e. The Balaban J connectivity index is 1.36. The third kappa shape index (κ3) is 5.87. The van der Waals surface area contributed by atoms with Gasteiger partial charge >= 0.3 is 0 Å². The molecule has 1 aliphatic heterocycles. The van der Waals surface area contributed by atoms with Crippen molar-refractivity contribution in [3.05, 3.63) is 83.4 Å². The molecule has 9 heteroatoms. The van der Waals surface area contributed by atoms with Crippen molar-refractivity contribution >= 4 is 21.6 Å². The lowest BCUT2D eigenvalue weighted by atomic mass is 10.1. The summed E-state index contributed by atoms with van der Waals surface area (Å²) in [6, 6.07) is 19.6. The number of piperazine rings is 1. The van der Waals surface area contributed by atoms with Gasteiger partial charge in [0.25, 0.3) is 5.91 Å². The molecule has 4 rings (SSSR count). The van der Waals surface area contributed by atoms with Crippen LogP contribution in [0.2, 0.25) is 0 Å². The van der Waals surface area contributed by atoms with Crippen molar-refractivity contribution in [3.63, 3.8) is 0 Å². The van der Waals surface area contributed by atoms with E-state index in [1.165, 1.54) is 0 Å². The molecule has 1 aliphatic rings. The standard InChI is InChI=1S/C27H31N3O5S/c1-20-7-10-24(11-8-20)36(32,33)30-15-13-29(14-16-30)19-21-5-4-6-22(17-21)27(31)28-23-9-12-25(34-2)26(18-23)35-3/h4-12,17-18H,13-16,19H2,1-3H3,(H,28,31). The first-order valence-electron chi connectivity index (χ1n) is 11.7. The monoisotopic (exact) mass is 509 g/mol. The highest BCUT2D eigenvalue weighted by atomic mass is 32.2. The summed E-state index contributed by atoms with van der Waals surface area (Å²) in [5.41, 5.74) is 3.17. The van der Waals surface area contributed by atoms with Gasteiger partial charge < -0.3 is 14.8 Å². The van der Waals surface area contributed by atoms with Gasteiger partial charge in [-0.05, 0) is 48.9 Å². The highest BCUT2D eigenvalue weighted by Crippen LogP contribution is 2.30. The van der Waals surface area contributed by atoms with E-state index in [2.05, 4.69) is 10.2 Å². The highest BCUT2D eigenvalue weighted by molar-refractivity contribution is 7.89. The largest absolute Gasteiger partial charge is 0.493 e. The molecule has 3 aromatic rings. The molecule has 0 atom stereocenters. The van der Waals surface area contributed by atoms with Gasteiger partial charge in [-0.15, -0.1) is 0 Å². The Hall–Kier alpha value is -3.40. The molecule has 0 spiro atoms. The Morgan fingerprint density at radius 2 is 1.58 bits per heavy atom. The number of hydrogen-bond donors (Lipinski definition) is 1. The van der Waals surface area contributed by atoms with Crippen molar-refractivity contribution in [1.29, 1.82) is 0 Å². The number of benzene rings is 3. The van der Waals surface area contributed by atoms with Crippen molar-refractivity contribution in [2.24, 2.45) is 0 Å². The zero-order valence-corrected chi connectivity index (χ0v) is 21.5. The number of carbonyl (C=O) groups is 1. The van der Waals surface area contributed by atoms with Crippen molar-refractivity contribution in [2.75, 3.05) is 45.7 Å². The second-order valence-corrected chi connectivity index (χ2v) is 10.7. The first kappa shape index (κ1) is 25.7. The van der Waals surface area contributed by atoms with Crippen LogP contribution in [-0.2, 0) is 16.6 Å². The summed E-state index contributed by atoms with van der Waals surface area (Å²) in [5.74, 6) is 0.898. The first-order chi connectivity index (χ1) is 17.3. The molecule has 8 nitrogen and oxygen atoms in total. The quantitative estimate of drug-likeness (QED) is 0.497. The summed E-state index contributed by atoms with van der Waals surface area (Å²) in [4.78, 5) is 15.4. The normalized spacial score (nSPS) is 14.9. The van der Waals surface area contributed by atoms with Crippen LogP contribution in [0.3, 0.4) is 0 Å². The number of anilines is 1. The van der Waals surface area contributed by atoms with Crippen LogP contribution in [0.15, 0.2) is 71.6 Å². The molecule has 1 amide bonds. The number of methoxy groups -OCH3 is 2. The second kappa shape index (κ2) is 11.1. The summed E-state index contributed by atoms with van der Waals surface area (Å²) >= 11 is 0. The minimum atomic E-state index is -3.50. The number of amides is 1. The molecule has 1 heterocycles. The zero-order valence-electron chi connectivity index (χ0n) is 20.7. The smallest absolute Gasteiger partial charge is 0.255 e. The minimum Gasteiger partial charge on any atom is -0.493 e. The Labute approximate surface area is 212 Å². The van der Waals surface area contributed by atoms with Gasteiger partial charge in [-0.1, -0.05) is 29.8 Å². The molecule has 36 heavy (non-hydrogen) atoms. The van der Waals surface area contributed by atoms with Crippen molar-refractivity contribution < 1.29 is 22.7 Å². The molecule has 3 aromatic carbocycles. The van der Waals surface area contributed by atoms with Gasteiger partial charge in [0.15, 0.2) is 11.5 Å². The van der Waals surface area contributed by atoms with Crippen LogP contribution in [0.5, 0.6) is 11.5 Å². The molecular weight excluding hydrogens is 478 g/mol. The predicted molar refractivity (Wildman–Crippen MR) is 139 cm³/mol. The molecule has 0 aliphatic carbocycles. The lowest BCUT2D eigenvalue weighted by Crippen LogP contribution is -2.48. The average molecular weight is 510 g/mol. The van der Waals surface area contributed by atoms with E-state index < -0.39 is 10.0 Å². The minimum absolute atomic E-state index is 0.224. The van der Waals surface area contributed by atoms with Gasteiger partial charge in [-0.25, -0.2) is 8.42 Å². The SMILES string of the molecule is COc1ccc(NC(=O)c2cccc(CN3CCN(S(=O)(=O)c4ccc(C)cc4)CC3)c2)cc1OC. The maximum atomic E-state index is 13.0. The van der Waals surface area contributed by atoms with Crippen molar-refractivity contribution in [2.45, 2.75) is 18.4 Å². The van der Waals surface area contributed by atoms with E-state index in [0.29, 0.717) is 60.4 Å². The van der Waals surface area contributed by atoms with E-state index >= 15 is 0 Å². The number of carbonyl (C=O) groups excluding carboxylic acids is 1. The Kier molecular flexibility index (Phi) is 7.93. The van der Waals surface area contributed by atoms with Gasteiger partial charge in [0.05, 0.1) is 19.1 Å². The van der Waals surface area contributed by atoms with Crippen LogP contribution >= 0.6 is 0 Å². The molecule has 0 aromatic heterocycles. The Bertz CT molecular complexity index is 1320. The lowest BCUT2D eigenvalue weighted by Gasteiger charge is -2.34. The Morgan fingerprint density at radius 1 is 0.889 bits per heavy atom. The number of aryl methyl sites for hydroxylation is 1. The van der Waals surface area contributed by atoms with Crippen LogP contribution in [0.25, 0.3) is 0 Å². The molecule has 0 saturated carbocycles. The van der Waals surface area contributed by atoms with Gasteiger partial charge in [-0.2, -0.15) is 4.31 Å². The van der Waals surface area contributed by atoms with E-state index in [9.17, 15) is 13.2 Å². The molecule has 0 unspecified atom stereocenters. The van der Waals surface area contributed by atoms with Gasteiger partial charge in [0, 0.05) is 50.0 Å². The number of rotatable bonds is 8. The third-order valence-electron chi connectivity index (χ3n) is 6.23. The van der Waals surface area contributed by atoms with E-state index in [-0.39, 0.29) is 5.91 Å². The van der Waals surface area contributed by atoms with Gasteiger partial charge in [0.1, 0.15) is 0 Å². The number of nitrogens with zero attached hydrogens (tertiary/aromatic N) is 2. The molecule has 190 valence electrons. The number of hydrogen-bond acceptors (Lipinski definition) is 6. The van der Waals surface area contributed by atoms with E-state index in [1.54, 1.807) is 54.9 Å². The summed E-state index contributed by atoms with van der Waals surface area (Å²) in [5, 5.41) is 2.90. The van der Waals surface area contributed by atoms with Crippen LogP contribution in [-0.4, -0.2) is 63.9 Å². The van der Waals surface area contributed by atoms with Crippen LogP contribution in [0.1, 0.15) is 21.5 Å². The molecule has 1 fully saturated rings. The average Bonchev–Trinajstić information content (AvgIpc) is 2.89. The lowest BCUT2D eigenvalue weighted by molar-refractivity contribution is 0.102. The van der Waals surface area contributed by atoms with Gasteiger partial charge in [-0.3, -0.25) is 9.69 Å². The number of nitrogens with one attached hydrogen (secondary N) is 1. The topological polar surface area (TPSA) is 88.2 Å². The first-order valence-corrected chi connectivity index (χ1v) is 13.2. The van der Waals surface area contributed by atoms with Crippen LogP contribution in [0, 0.1) is 6.92 Å². The van der Waals surface area contributed by atoms with Crippen molar-refractivity contribution in [1.82, 2.24) is 9.21 Å². The van der Waals surface area contributed by atoms with Crippen LogP contribution in [0.4, 0.5) is 5.69 Å². The van der Waals surface area contributed by atoms with E-state index in [1.807, 2.05) is 37.3 Å². The molecule has 1 saturated heterocycles. The fourth-order valence-corrected chi connectivity index (χ4v) is 5.60. The third-order valence-corrected chi connectivity index (χ3v) is 8.14. The second-order valence-electron chi connectivity index (χ2n) is 8.72. The molecule has 0 radical (unpaired) electrons. The fourth-order valence-electron chi connectivity index (χ4n) is 4.17. The summed E-state index contributed by atoms with van der Waals surface area (Å²) in [7, 11) is -0.389. The maximum absolute atomic E-state index is 13.0. The van der Waals surface area contributed by atoms with Crippen molar-refractivity contribution in [3.8, 4) is 11.5 Å².